The summed E-state index contributed by atoms with van der Waals surface area (Å²) in [4.78, 5) is 23.4. The van der Waals surface area contributed by atoms with Crippen molar-refractivity contribution in [2.75, 3.05) is 6.26 Å². The second-order valence-electron chi connectivity index (χ2n) is 3.74. The topological polar surface area (TPSA) is 72.2 Å². The minimum absolute atomic E-state index is 0.338. The maximum absolute atomic E-state index is 11.4. The summed E-state index contributed by atoms with van der Waals surface area (Å²) in [5.41, 5.74) is 5.97. The molecule has 0 fully saturated rings. The molecule has 5 heteroatoms. The molecule has 0 aliphatic rings. The van der Waals surface area contributed by atoms with E-state index in [-0.39, 0.29) is 5.91 Å². The van der Waals surface area contributed by atoms with E-state index in [1.807, 2.05) is 30.5 Å². The fourth-order valence-electron chi connectivity index (χ4n) is 1.22. The average Bonchev–Trinajstić information content (AvgIpc) is 2.36. The molecule has 0 spiro atoms. The second-order valence-corrected chi connectivity index (χ2v) is 4.62. The number of nitrogens with two attached hydrogens (primary N) is 1. The molecule has 0 radical (unpaired) electrons. The van der Waals surface area contributed by atoms with Crippen LogP contribution in [-0.2, 0) is 9.59 Å². The zero-order valence-electron chi connectivity index (χ0n) is 10.3. The van der Waals surface area contributed by atoms with Crippen molar-refractivity contribution < 1.29 is 9.59 Å². The van der Waals surface area contributed by atoms with Crippen molar-refractivity contribution in [1.82, 2.24) is 5.32 Å². The Bertz CT molecular complexity index is 455. The van der Waals surface area contributed by atoms with Crippen LogP contribution in [0.2, 0.25) is 0 Å². The molecule has 96 valence electrons. The summed E-state index contributed by atoms with van der Waals surface area (Å²) in [5.74, 6) is -0.892. The summed E-state index contributed by atoms with van der Waals surface area (Å²) < 4.78 is 0. The van der Waals surface area contributed by atoms with Gasteiger partial charge in [0.15, 0.2) is 0 Å². The molecule has 1 unspecified atom stereocenters. The Labute approximate surface area is 111 Å². The van der Waals surface area contributed by atoms with E-state index in [2.05, 4.69) is 5.32 Å². The Kier molecular flexibility index (Phi) is 5.45. The Morgan fingerprint density at radius 3 is 2.44 bits per heavy atom. The van der Waals surface area contributed by atoms with Crippen molar-refractivity contribution in [2.45, 2.75) is 17.9 Å². The molecule has 3 N–H and O–H groups in total. The van der Waals surface area contributed by atoms with Gasteiger partial charge in [0.25, 0.3) is 0 Å². The van der Waals surface area contributed by atoms with Crippen LogP contribution in [-0.4, -0.2) is 24.1 Å². The average molecular weight is 264 g/mol. The first-order valence-corrected chi connectivity index (χ1v) is 6.67. The number of hydrogen-bond donors (Lipinski definition) is 2. The first kappa shape index (κ1) is 14.3. The molecule has 18 heavy (non-hydrogen) atoms. The Balaban J connectivity index is 2.57. The fraction of sp³-hybridized carbons (Fsp3) is 0.231. The number of amides is 2. The number of rotatable bonds is 5. The highest BCUT2D eigenvalue weighted by Gasteiger charge is 2.09. The lowest BCUT2D eigenvalue weighted by molar-refractivity contribution is -0.124. The number of nitrogens with one attached hydrogen (secondary N) is 1. The summed E-state index contributed by atoms with van der Waals surface area (Å²) >= 11 is 1.66. The molecular weight excluding hydrogens is 248 g/mol. The number of benzene rings is 1. The van der Waals surface area contributed by atoms with Crippen LogP contribution in [0.25, 0.3) is 6.08 Å². The van der Waals surface area contributed by atoms with E-state index in [1.165, 1.54) is 11.0 Å². The number of hydrogen-bond acceptors (Lipinski definition) is 3. The smallest absolute Gasteiger partial charge is 0.244 e. The predicted octanol–water partition coefficient (Wildman–Crippen LogP) is 1.41. The van der Waals surface area contributed by atoms with E-state index in [4.69, 9.17) is 5.73 Å². The van der Waals surface area contributed by atoms with E-state index in [0.29, 0.717) is 0 Å². The monoisotopic (exact) mass is 264 g/mol. The van der Waals surface area contributed by atoms with Crippen LogP contribution in [0.4, 0.5) is 0 Å². The van der Waals surface area contributed by atoms with Crippen LogP contribution < -0.4 is 11.1 Å². The van der Waals surface area contributed by atoms with Crippen LogP contribution in [0, 0.1) is 0 Å². The Morgan fingerprint density at radius 1 is 1.33 bits per heavy atom. The highest BCUT2D eigenvalue weighted by Crippen LogP contribution is 2.15. The number of thioether (sulfide) groups is 1. The molecule has 0 saturated carbocycles. The number of carbonyl (C=O) groups is 2. The molecule has 0 saturated heterocycles. The number of primary amides is 1. The van der Waals surface area contributed by atoms with Crippen molar-refractivity contribution in [3.8, 4) is 0 Å². The lowest BCUT2D eigenvalue weighted by atomic mass is 10.2. The third-order valence-electron chi connectivity index (χ3n) is 2.33. The van der Waals surface area contributed by atoms with Crippen LogP contribution in [0.15, 0.2) is 35.2 Å². The van der Waals surface area contributed by atoms with Crippen molar-refractivity contribution in [1.29, 1.82) is 0 Å². The normalized spacial score (nSPS) is 12.3. The minimum atomic E-state index is -0.666. The van der Waals surface area contributed by atoms with Gasteiger partial charge in [0.1, 0.15) is 6.04 Å². The van der Waals surface area contributed by atoms with E-state index < -0.39 is 11.9 Å². The SMILES string of the molecule is CSc1ccc(/C=C/C(=O)NC(C)C(N)=O)cc1. The second kappa shape index (κ2) is 6.86. The summed E-state index contributed by atoms with van der Waals surface area (Å²) in [5, 5.41) is 2.47. The zero-order valence-corrected chi connectivity index (χ0v) is 11.2. The first-order chi connectivity index (χ1) is 8.52. The highest BCUT2D eigenvalue weighted by atomic mass is 32.2. The summed E-state index contributed by atoms with van der Waals surface area (Å²) in [6.45, 7) is 1.54. The molecule has 1 atom stereocenters. The molecule has 0 heterocycles. The van der Waals surface area contributed by atoms with E-state index in [1.54, 1.807) is 24.8 Å². The highest BCUT2D eigenvalue weighted by molar-refractivity contribution is 7.98. The van der Waals surface area contributed by atoms with Gasteiger partial charge in [0, 0.05) is 11.0 Å². The maximum atomic E-state index is 11.4. The summed E-state index contributed by atoms with van der Waals surface area (Å²) in [6.07, 6.45) is 5.07. The van der Waals surface area contributed by atoms with Gasteiger partial charge >= 0.3 is 0 Å². The number of carbonyl (C=O) groups excluding carboxylic acids is 2. The summed E-state index contributed by atoms with van der Waals surface area (Å²) in [7, 11) is 0. The van der Waals surface area contributed by atoms with Gasteiger partial charge in [0.2, 0.25) is 11.8 Å². The largest absolute Gasteiger partial charge is 0.368 e. The molecule has 2 amide bonds. The third kappa shape index (κ3) is 4.63. The molecule has 4 nitrogen and oxygen atoms in total. The molecule has 1 rings (SSSR count). The third-order valence-corrected chi connectivity index (χ3v) is 3.07. The quantitative estimate of drug-likeness (QED) is 0.624. The minimum Gasteiger partial charge on any atom is -0.368 e. The molecule has 0 aliphatic heterocycles. The zero-order chi connectivity index (χ0) is 13.5. The van der Waals surface area contributed by atoms with Crippen LogP contribution in [0.1, 0.15) is 12.5 Å². The molecule has 0 aliphatic carbocycles. The van der Waals surface area contributed by atoms with Gasteiger partial charge in [0.05, 0.1) is 0 Å². The van der Waals surface area contributed by atoms with Crippen molar-refractivity contribution in [2.24, 2.45) is 5.73 Å². The molecule has 1 aromatic rings. The standard InChI is InChI=1S/C13H16N2O2S/c1-9(13(14)17)15-12(16)8-5-10-3-6-11(18-2)7-4-10/h3-9H,1-2H3,(H2,14,17)(H,15,16)/b8-5+. The first-order valence-electron chi connectivity index (χ1n) is 5.45. The maximum Gasteiger partial charge on any atom is 0.244 e. The van der Waals surface area contributed by atoms with Crippen molar-refractivity contribution in [3.05, 3.63) is 35.9 Å². The van der Waals surface area contributed by atoms with Gasteiger partial charge in [-0.15, -0.1) is 11.8 Å². The van der Waals surface area contributed by atoms with Gasteiger partial charge in [-0.2, -0.15) is 0 Å². The van der Waals surface area contributed by atoms with Crippen molar-refractivity contribution >= 4 is 29.7 Å². The van der Waals surface area contributed by atoms with Crippen LogP contribution >= 0.6 is 11.8 Å². The Hall–Kier alpha value is -1.75. The molecule has 1 aromatic carbocycles. The lowest BCUT2D eigenvalue weighted by Crippen LogP contribution is -2.41. The van der Waals surface area contributed by atoms with Crippen molar-refractivity contribution in [3.63, 3.8) is 0 Å². The van der Waals surface area contributed by atoms with Crippen LogP contribution in [0.5, 0.6) is 0 Å². The lowest BCUT2D eigenvalue weighted by Gasteiger charge is -2.07. The van der Waals surface area contributed by atoms with Crippen LogP contribution in [0.3, 0.4) is 0 Å². The van der Waals surface area contributed by atoms with Gasteiger partial charge in [-0.1, -0.05) is 12.1 Å². The van der Waals surface area contributed by atoms with E-state index in [9.17, 15) is 9.59 Å². The predicted molar refractivity (Wildman–Crippen MR) is 74.1 cm³/mol. The Morgan fingerprint density at radius 2 is 1.94 bits per heavy atom. The van der Waals surface area contributed by atoms with Gasteiger partial charge in [-0.25, -0.2) is 0 Å². The molecular formula is C13H16N2O2S. The van der Waals surface area contributed by atoms with Gasteiger partial charge in [-0.05, 0) is 37.0 Å². The van der Waals surface area contributed by atoms with E-state index >= 15 is 0 Å². The molecule has 0 bridgehead atoms. The van der Waals surface area contributed by atoms with Gasteiger partial charge in [-0.3, -0.25) is 9.59 Å². The fourth-order valence-corrected chi connectivity index (χ4v) is 1.63. The summed E-state index contributed by atoms with van der Waals surface area (Å²) in [6, 6.07) is 7.14. The van der Waals surface area contributed by atoms with Gasteiger partial charge < -0.3 is 11.1 Å². The molecule has 0 aromatic heterocycles. The van der Waals surface area contributed by atoms with E-state index in [0.717, 1.165) is 5.56 Å².